The zero-order chi connectivity index (χ0) is 14.6. The van der Waals surface area contributed by atoms with Gasteiger partial charge < -0.3 is 11.1 Å². The van der Waals surface area contributed by atoms with Crippen molar-refractivity contribution in [3.63, 3.8) is 0 Å². The summed E-state index contributed by atoms with van der Waals surface area (Å²) in [5, 5.41) is 1.67. The van der Waals surface area contributed by atoms with E-state index in [-0.39, 0.29) is 0 Å². The Kier molecular flexibility index (Phi) is 4.93. The second kappa shape index (κ2) is 6.05. The van der Waals surface area contributed by atoms with Gasteiger partial charge in [0.2, 0.25) is 5.91 Å². The Morgan fingerprint density at radius 3 is 2.63 bits per heavy atom. The average Bonchev–Trinajstić information content (AvgIpc) is 2.28. The van der Waals surface area contributed by atoms with E-state index in [1.807, 2.05) is 0 Å². The van der Waals surface area contributed by atoms with Crippen molar-refractivity contribution in [3.05, 3.63) is 23.8 Å². The molecule has 0 aromatic heterocycles. The lowest BCUT2D eigenvalue weighted by Crippen LogP contribution is -2.36. The van der Waals surface area contributed by atoms with Crippen molar-refractivity contribution in [2.75, 3.05) is 18.0 Å². The number of anilines is 1. The number of amides is 1. The Hall–Kier alpha value is -1.57. The number of hydrogen-bond donors (Lipinski definition) is 2. The van der Waals surface area contributed by atoms with E-state index < -0.39 is 35.2 Å². The largest absolute Gasteiger partial charge is 0.405 e. The lowest BCUT2D eigenvalue weighted by atomic mass is 10.2. The van der Waals surface area contributed by atoms with Gasteiger partial charge in [0.05, 0.1) is 10.8 Å². The van der Waals surface area contributed by atoms with E-state index in [1.54, 1.807) is 24.4 Å². The van der Waals surface area contributed by atoms with Gasteiger partial charge in [0.1, 0.15) is 12.3 Å². The molecule has 0 aliphatic heterocycles. The molecule has 1 amide bonds. The molecule has 19 heavy (non-hydrogen) atoms. The Labute approximate surface area is 110 Å². The van der Waals surface area contributed by atoms with Crippen LogP contribution in [0.3, 0.4) is 0 Å². The molecule has 0 fully saturated rings. The molecule has 0 spiro atoms. The molecular formula is C11H13F3N2O2S. The van der Waals surface area contributed by atoms with Crippen LogP contribution in [-0.4, -0.2) is 28.6 Å². The fourth-order valence-electron chi connectivity index (χ4n) is 1.31. The third-order valence-corrected chi connectivity index (χ3v) is 3.66. The highest BCUT2D eigenvalue weighted by atomic mass is 32.2. The van der Waals surface area contributed by atoms with Crippen LogP contribution in [0.4, 0.5) is 18.9 Å². The van der Waals surface area contributed by atoms with Crippen molar-refractivity contribution in [1.82, 2.24) is 5.32 Å². The van der Waals surface area contributed by atoms with Crippen LogP contribution in [0.2, 0.25) is 0 Å². The van der Waals surface area contributed by atoms with Crippen molar-refractivity contribution < 1.29 is 22.2 Å². The van der Waals surface area contributed by atoms with Crippen LogP contribution in [0.15, 0.2) is 23.1 Å². The number of nitrogens with one attached hydrogen (secondary N) is 1. The molecule has 0 radical (unpaired) electrons. The van der Waals surface area contributed by atoms with Gasteiger partial charge in [-0.3, -0.25) is 9.00 Å². The van der Waals surface area contributed by atoms with Crippen LogP contribution >= 0.6 is 0 Å². The second-order valence-corrected chi connectivity index (χ2v) is 5.33. The van der Waals surface area contributed by atoms with E-state index in [2.05, 4.69) is 0 Å². The monoisotopic (exact) mass is 294 g/mol. The van der Waals surface area contributed by atoms with Gasteiger partial charge in [0.15, 0.2) is 0 Å². The summed E-state index contributed by atoms with van der Waals surface area (Å²) < 4.78 is 47.5. The second-order valence-electron chi connectivity index (χ2n) is 3.91. The maximum atomic E-state index is 11.9. The summed E-state index contributed by atoms with van der Waals surface area (Å²) in [4.78, 5) is 11.6. The smallest absolute Gasteiger partial charge is 0.399 e. The van der Waals surface area contributed by atoms with E-state index in [4.69, 9.17) is 5.73 Å². The SMILES string of the molecule is Cc1ccc(N)cc1S(=O)CC(=O)NCC(F)(F)F. The van der Waals surface area contributed by atoms with Crippen molar-refractivity contribution in [1.29, 1.82) is 0 Å². The van der Waals surface area contributed by atoms with Gasteiger partial charge >= 0.3 is 6.18 Å². The molecule has 106 valence electrons. The number of carbonyl (C=O) groups excluding carboxylic acids is 1. The van der Waals surface area contributed by atoms with Crippen LogP contribution in [-0.2, 0) is 15.6 Å². The molecule has 1 aromatic carbocycles. The molecule has 1 aromatic rings. The molecule has 0 bridgehead atoms. The number of hydrogen-bond acceptors (Lipinski definition) is 3. The number of nitrogen functional groups attached to an aromatic ring is 1. The molecular weight excluding hydrogens is 281 g/mol. The van der Waals surface area contributed by atoms with Gasteiger partial charge in [0, 0.05) is 10.6 Å². The number of halogens is 3. The van der Waals surface area contributed by atoms with Gasteiger partial charge in [-0.2, -0.15) is 13.2 Å². The highest BCUT2D eigenvalue weighted by Gasteiger charge is 2.28. The lowest BCUT2D eigenvalue weighted by molar-refractivity contribution is -0.136. The molecule has 8 heteroatoms. The van der Waals surface area contributed by atoms with E-state index in [1.165, 1.54) is 6.07 Å². The normalized spacial score (nSPS) is 13.1. The van der Waals surface area contributed by atoms with Crippen molar-refractivity contribution in [2.24, 2.45) is 0 Å². The highest BCUT2D eigenvalue weighted by Crippen LogP contribution is 2.17. The number of carbonyl (C=O) groups is 1. The fraction of sp³-hybridized carbons (Fsp3) is 0.364. The summed E-state index contributed by atoms with van der Waals surface area (Å²) in [5.41, 5.74) is 6.57. The van der Waals surface area contributed by atoms with Crippen molar-refractivity contribution >= 4 is 22.4 Å². The topological polar surface area (TPSA) is 72.2 Å². The summed E-state index contributed by atoms with van der Waals surface area (Å²) in [6.07, 6.45) is -4.48. The fourth-order valence-corrected chi connectivity index (χ4v) is 2.50. The molecule has 1 rings (SSSR count). The first-order chi connectivity index (χ1) is 8.69. The quantitative estimate of drug-likeness (QED) is 0.824. The lowest BCUT2D eigenvalue weighted by Gasteiger charge is -2.09. The zero-order valence-corrected chi connectivity index (χ0v) is 10.9. The third kappa shape index (κ3) is 5.29. The average molecular weight is 294 g/mol. The highest BCUT2D eigenvalue weighted by molar-refractivity contribution is 7.85. The number of aryl methyl sites for hydroxylation is 1. The van der Waals surface area contributed by atoms with Crippen molar-refractivity contribution in [2.45, 2.75) is 18.0 Å². The van der Waals surface area contributed by atoms with E-state index >= 15 is 0 Å². The summed E-state index contributed by atoms with van der Waals surface area (Å²) in [5.74, 6) is -1.45. The maximum Gasteiger partial charge on any atom is 0.405 e. The summed E-state index contributed by atoms with van der Waals surface area (Å²) in [6.45, 7) is 0.249. The predicted octanol–water partition coefficient (Wildman–Crippen LogP) is 1.36. The van der Waals surface area contributed by atoms with Crippen molar-refractivity contribution in [3.8, 4) is 0 Å². The first kappa shape index (κ1) is 15.5. The zero-order valence-electron chi connectivity index (χ0n) is 10.1. The maximum absolute atomic E-state index is 11.9. The number of alkyl halides is 3. The number of benzene rings is 1. The molecule has 1 unspecified atom stereocenters. The minimum atomic E-state index is -4.48. The first-order valence-electron chi connectivity index (χ1n) is 5.27. The van der Waals surface area contributed by atoms with Gasteiger partial charge in [-0.15, -0.1) is 0 Å². The minimum absolute atomic E-state index is 0.349. The Bertz CT molecular complexity index is 503. The molecule has 0 saturated carbocycles. The van der Waals surface area contributed by atoms with Gasteiger partial charge in [-0.05, 0) is 24.6 Å². The van der Waals surface area contributed by atoms with E-state index in [0.29, 0.717) is 16.1 Å². The van der Waals surface area contributed by atoms with E-state index in [0.717, 1.165) is 0 Å². The van der Waals surface area contributed by atoms with Gasteiger partial charge in [-0.1, -0.05) is 6.07 Å². The Balaban J connectivity index is 2.64. The van der Waals surface area contributed by atoms with Crippen LogP contribution < -0.4 is 11.1 Å². The molecule has 3 N–H and O–H groups in total. The third-order valence-electron chi connectivity index (χ3n) is 2.21. The van der Waals surface area contributed by atoms with Crippen LogP contribution in [0.1, 0.15) is 5.56 Å². The van der Waals surface area contributed by atoms with E-state index in [9.17, 15) is 22.2 Å². The summed E-state index contributed by atoms with van der Waals surface area (Å²) in [7, 11) is -1.72. The minimum Gasteiger partial charge on any atom is -0.399 e. The van der Waals surface area contributed by atoms with Crippen LogP contribution in [0.25, 0.3) is 0 Å². The number of rotatable bonds is 4. The summed E-state index contributed by atoms with van der Waals surface area (Å²) in [6, 6.07) is 4.69. The van der Waals surface area contributed by atoms with Gasteiger partial charge in [-0.25, -0.2) is 0 Å². The molecule has 0 heterocycles. The van der Waals surface area contributed by atoms with Gasteiger partial charge in [0.25, 0.3) is 0 Å². The molecule has 4 nitrogen and oxygen atoms in total. The van der Waals surface area contributed by atoms with Crippen LogP contribution in [0.5, 0.6) is 0 Å². The molecule has 1 atom stereocenters. The molecule has 0 aliphatic carbocycles. The van der Waals surface area contributed by atoms with Crippen LogP contribution in [0, 0.1) is 6.92 Å². The Morgan fingerprint density at radius 1 is 1.42 bits per heavy atom. The summed E-state index contributed by atoms with van der Waals surface area (Å²) >= 11 is 0. The number of nitrogens with two attached hydrogens (primary N) is 1. The molecule has 0 aliphatic rings. The standard InChI is InChI=1S/C11H13F3N2O2S/c1-7-2-3-8(15)4-9(7)19(18)5-10(17)16-6-11(12,13)14/h2-4H,5-6,15H2,1H3,(H,16,17). The molecule has 0 saturated heterocycles. The predicted molar refractivity (Wildman–Crippen MR) is 65.9 cm³/mol. The first-order valence-corrected chi connectivity index (χ1v) is 6.59. The Morgan fingerprint density at radius 2 is 2.05 bits per heavy atom.